The van der Waals surface area contributed by atoms with Crippen molar-refractivity contribution in [3.63, 3.8) is 0 Å². The smallest absolute Gasteiger partial charge is 0.0897 e. The summed E-state index contributed by atoms with van der Waals surface area (Å²) in [6.45, 7) is 8.98. The van der Waals surface area contributed by atoms with Gasteiger partial charge < -0.3 is 5.32 Å². The van der Waals surface area contributed by atoms with Crippen LogP contribution in [0.2, 0.25) is 0 Å². The molecule has 0 saturated heterocycles. The van der Waals surface area contributed by atoms with E-state index in [9.17, 15) is 0 Å². The highest BCUT2D eigenvalue weighted by Gasteiger charge is 2.32. The molecule has 2 rings (SSSR count). The van der Waals surface area contributed by atoms with Crippen LogP contribution in [0.25, 0.3) is 0 Å². The molecule has 1 fully saturated rings. The van der Waals surface area contributed by atoms with E-state index < -0.39 is 0 Å². The van der Waals surface area contributed by atoms with Gasteiger partial charge in [-0.2, -0.15) is 0 Å². The Hall–Kier alpha value is -0.410. The monoisotopic (exact) mass is 280 g/mol. The van der Waals surface area contributed by atoms with Gasteiger partial charge in [-0.05, 0) is 44.1 Å². The molecule has 108 valence electrons. The topological polar surface area (TPSA) is 24.9 Å². The first kappa shape index (κ1) is 15.0. The number of nitrogens with zero attached hydrogens (tertiary/aromatic N) is 1. The molecule has 0 aliphatic heterocycles. The fourth-order valence-electron chi connectivity index (χ4n) is 3.22. The number of nitrogens with one attached hydrogen (secondary N) is 1. The summed E-state index contributed by atoms with van der Waals surface area (Å²) in [5.74, 6) is 0.738. The third-order valence-electron chi connectivity index (χ3n) is 4.19. The summed E-state index contributed by atoms with van der Waals surface area (Å²) in [6, 6.07) is 0. The van der Waals surface area contributed by atoms with Crippen LogP contribution in [0.15, 0.2) is 5.38 Å². The van der Waals surface area contributed by atoms with Crippen LogP contribution in [0.4, 0.5) is 0 Å². The van der Waals surface area contributed by atoms with Gasteiger partial charge in [-0.3, -0.25) is 0 Å². The lowest BCUT2D eigenvalue weighted by molar-refractivity contribution is 0.177. The van der Waals surface area contributed by atoms with Crippen LogP contribution in [0, 0.1) is 18.3 Å². The molecule has 3 heteroatoms. The summed E-state index contributed by atoms with van der Waals surface area (Å²) < 4.78 is 0. The molecule has 0 spiro atoms. The van der Waals surface area contributed by atoms with Crippen molar-refractivity contribution in [3.05, 3.63) is 16.1 Å². The molecule has 0 radical (unpaired) electrons. The zero-order valence-corrected chi connectivity index (χ0v) is 13.5. The molecule has 0 amide bonds. The maximum absolute atomic E-state index is 4.68. The van der Waals surface area contributed by atoms with Gasteiger partial charge in [-0.1, -0.05) is 33.1 Å². The SMILES string of the molecule is Cc1nc(CC2(CNCC(C)C)CCCCC2)cs1. The highest BCUT2D eigenvalue weighted by molar-refractivity contribution is 7.09. The van der Waals surface area contributed by atoms with E-state index in [1.807, 2.05) is 0 Å². The van der Waals surface area contributed by atoms with Gasteiger partial charge in [0, 0.05) is 11.9 Å². The normalized spacial score (nSPS) is 18.9. The van der Waals surface area contributed by atoms with Crippen LogP contribution in [-0.2, 0) is 6.42 Å². The molecule has 1 aromatic rings. The van der Waals surface area contributed by atoms with Crippen LogP contribution in [-0.4, -0.2) is 18.1 Å². The standard InChI is InChI=1S/C16H28N2S/c1-13(2)10-17-12-16(7-5-4-6-8-16)9-15-11-19-14(3)18-15/h11,13,17H,4-10,12H2,1-3H3. The molecule has 0 bridgehead atoms. The van der Waals surface area contributed by atoms with E-state index in [0.29, 0.717) is 5.41 Å². The van der Waals surface area contributed by atoms with Crippen molar-refractivity contribution in [2.24, 2.45) is 11.3 Å². The summed E-state index contributed by atoms with van der Waals surface area (Å²) in [7, 11) is 0. The number of hydrogen-bond donors (Lipinski definition) is 1. The second-order valence-corrected chi connectivity index (χ2v) is 7.68. The molecule has 2 nitrogen and oxygen atoms in total. The Bertz CT molecular complexity index is 378. The first-order chi connectivity index (χ1) is 9.10. The Balaban J connectivity index is 1.97. The molecule has 1 heterocycles. The number of aryl methyl sites for hydroxylation is 1. The van der Waals surface area contributed by atoms with Gasteiger partial charge in [-0.15, -0.1) is 11.3 Å². The second kappa shape index (κ2) is 6.85. The van der Waals surface area contributed by atoms with Crippen LogP contribution in [0.5, 0.6) is 0 Å². The third kappa shape index (κ3) is 4.57. The molecular formula is C16H28N2S. The van der Waals surface area contributed by atoms with Crippen molar-refractivity contribution in [2.45, 2.75) is 59.3 Å². The lowest BCUT2D eigenvalue weighted by atomic mass is 9.71. The van der Waals surface area contributed by atoms with E-state index >= 15 is 0 Å². The molecular weight excluding hydrogens is 252 g/mol. The molecule has 1 saturated carbocycles. The predicted octanol–water partition coefficient (Wildman–Crippen LogP) is 4.19. The van der Waals surface area contributed by atoms with Gasteiger partial charge in [0.15, 0.2) is 0 Å². The van der Waals surface area contributed by atoms with Crippen molar-refractivity contribution < 1.29 is 0 Å². The lowest BCUT2D eigenvalue weighted by Gasteiger charge is -2.37. The van der Waals surface area contributed by atoms with E-state index in [2.05, 4.69) is 36.5 Å². The first-order valence-corrected chi connectivity index (χ1v) is 8.59. The van der Waals surface area contributed by atoms with E-state index in [1.54, 1.807) is 11.3 Å². The van der Waals surface area contributed by atoms with Crippen LogP contribution in [0.3, 0.4) is 0 Å². The van der Waals surface area contributed by atoms with Gasteiger partial charge in [0.25, 0.3) is 0 Å². The molecule has 0 aromatic carbocycles. The average Bonchev–Trinajstić information content (AvgIpc) is 2.75. The Kier molecular flexibility index (Phi) is 5.40. The van der Waals surface area contributed by atoms with E-state index in [0.717, 1.165) is 12.5 Å². The summed E-state index contributed by atoms with van der Waals surface area (Å²) in [5.41, 5.74) is 1.78. The lowest BCUT2D eigenvalue weighted by Crippen LogP contribution is -2.39. The Morgan fingerprint density at radius 2 is 2.05 bits per heavy atom. The van der Waals surface area contributed by atoms with Gasteiger partial charge in [-0.25, -0.2) is 4.98 Å². The molecule has 0 unspecified atom stereocenters. The fourth-order valence-corrected chi connectivity index (χ4v) is 3.83. The molecule has 1 N–H and O–H groups in total. The maximum Gasteiger partial charge on any atom is 0.0897 e. The Labute approximate surface area is 122 Å². The van der Waals surface area contributed by atoms with Gasteiger partial charge in [0.2, 0.25) is 0 Å². The largest absolute Gasteiger partial charge is 0.316 e. The Morgan fingerprint density at radius 3 is 2.63 bits per heavy atom. The molecule has 1 aliphatic rings. The van der Waals surface area contributed by atoms with Crippen molar-refractivity contribution in [1.82, 2.24) is 10.3 Å². The minimum Gasteiger partial charge on any atom is -0.316 e. The molecule has 1 aliphatic carbocycles. The summed E-state index contributed by atoms with van der Waals surface area (Å²) in [6.07, 6.45) is 8.12. The second-order valence-electron chi connectivity index (χ2n) is 6.62. The number of aromatic nitrogens is 1. The van der Waals surface area contributed by atoms with E-state index in [1.165, 1.54) is 55.8 Å². The van der Waals surface area contributed by atoms with Crippen molar-refractivity contribution >= 4 is 11.3 Å². The third-order valence-corrected chi connectivity index (χ3v) is 5.01. The zero-order valence-electron chi connectivity index (χ0n) is 12.7. The van der Waals surface area contributed by atoms with E-state index in [4.69, 9.17) is 0 Å². The van der Waals surface area contributed by atoms with Crippen LogP contribution < -0.4 is 5.32 Å². The zero-order chi connectivity index (χ0) is 13.7. The minimum absolute atomic E-state index is 0.466. The molecule has 0 atom stereocenters. The van der Waals surface area contributed by atoms with Crippen molar-refractivity contribution in [2.75, 3.05) is 13.1 Å². The van der Waals surface area contributed by atoms with Crippen LogP contribution >= 0.6 is 11.3 Å². The summed E-state index contributed by atoms with van der Waals surface area (Å²) in [4.78, 5) is 4.68. The minimum atomic E-state index is 0.466. The number of rotatable bonds is 6. The fraction of sp³-hybridized carbons (Fsp3) is 0.812. The predicted molar refractivity (Wildman–Crippen MR) is 83.8 cm³/mol. The van der Waals surface area contributed by atoms with Crippen LogP contribution in [0.1, 0.15) is 56.7 Å². The Morgan fingerprint density at radius 1 is 1.32 bits per heavy atom. The highest BCUT2D eigenvalue weighted by Crippen LogP contribution is 2.38. The van der Waals surface area contributed by atoms with Gasteiger partial charge in [0.05, 0.1) is 10.7 Å². The van der Waals surface area contributed by atoms with Gasteiger partial charge >= 0.3 is 0 Å². The first-order valence-electron chi connectivity index (χ1n) is 7.71. The van der Waals surface area contributed by atoms with Crippen molar-refractivity contribution in [3.8, 4) is 0 Å². The summed E-state index contributed by atoms with van der Waals surface area (Å²) in [5, 5.41) is 7.16. The number of hydrogen-bond acceptors (Lipinski definition) is 3. The van der Waals surface area contributed by atoms with Crippen molar-refractivity contribution in [1.29, 1.82) is 0 Å². The highest BCUT2D eigenvalue weighted by atomic mass is 32.1. The average molecular weight is 280 g/mol. The molecule has 19 heavy (non-hydrogen) atoms. The van der Waals surface area contributed by atoms with Gasteiger partial charge in [0.1, 0.15) is 0 Å². The molecule has 1 aromatic heterocycles. The van der Waals surface area contributed by atoms with E-state index in [-0.39, 0.29) is 0 Å². The number of thiazole rings is 1. The quantitative estimate of drug-likeness (QED) is 0.845. The maximum atomic E-state index is 4.68. The summed E-state index contributed by atoms with van der Waals surface area (Å²) >= 11 is 1.79.